The lowest BCUT2D eigenvalue weighted by Gasteiger charge is -2.10. The highest BCUT2D eigenvalue weighted by atomic mass is 16.5. The Morgan fingerprint density at radius 3 is 2.53 bits per heavy atom. The molecular weight excluding hydrogens is 386 g/mol. The van der Waals surface area contributed by atoms with E-state index in [1.54, 1.807) is 48.5 Å². The lowest BCUT2D eigenvalue weighted by molar-refractivity contribution is -0.116. The number of unbranched alkanes of at least 4 members (excludes halogenated alkanes) is 1. The molecule has 3 rings (SSSR count). The van der Waals surface area contributed by atoms with Crippen LogP contribution in [0.4, 0.5) is 5.69 Å². The number of aromatic nitrogens is 2. The lowest BCUT2D eigenvalue weighted by atomic mass is 10.2. The van der Waals surface area contributed by atoms with E-state index in [4.69, 9.17) is 4.74 Å². The second kappa shape index (κ2) is 9.69. The van der Waals surface area contributed by atoms with Crippen molar-refractivity contribution in [2.24, 2.45) is 0 Å². The molecule has 8 nitrogen and oxygen atoms in total. The number of aromatic amines is 1. The summed E-state index contributed by atoms with van der Waals surface area (Å²) >= 11 is 0. The van der Waals surface area contributed by atoms with E-state index >= 15 is 0 Å². The summed E-state index contributed by atoms with van der Waals surface area (Å²) in [5.74, 6) is -0.693. The molecule has 156 valence electrons. The second-order valence-corrected chi connectivity index (χ2v) is 6.79. The van der Waals surface area contributed by atoms with Gasteiger partial charge in [-0.2, -0.15) is 0 Å². The van der Waals surface area contributed by atoms with Crippen LogP contribution in [0.3, 0.4) is 0 Å². The van der Waals surface area contributed by atoms with Gasteiger partial charge in [0.15, 0.2) is 0 Å². The van der Waals surface area contributed by atoms with Crippen LogP contribution >= 0.6 is 0 Å². The van der Waals surface area contributed by atoms with E-state index < -0.39 is 17.2 Å². The molecule has 0 fully saturated rings. The lowest BCUT2D eigenvalue weighted by Crippen LogP contribution is -2.31. The number of para-hydroxylation sites is 1. The third-order valence-corrected chi connectivity index (χ3v) is 4.60. The summed E-state index contributed by atoms with van der Waals surface area (Å²) in [6.45, 7) is 2.51. The molecule has 0 aliphatic heterocycles. The van der Waals surface area contributed by atoms with Gasteiger partial charge in [-0.1, -0.05) is 25.5 Å². The number of esters is 1. The van der Waals surface area contributed by atoms with Gasteiger partial charge in [0.1, 0.15) is 0 Å². The van der Waals surface area contributed by atoms with Gasteiger partial charge in [0, 0.05) is 18.7 Å². The number of anilines is 1. The van der Waals surface area contributed by atoms with Gasteiger partial charge in [0.05, 0.1) is 23.1 Å². The van der Waals surface area contributed by atoms with E-state index in [1.807, 2.05) is 6.92 Å². The predicted octanol–water partition coefficient (Wildman–Crippen LogP) is 2.68. The number of amides is 1. The van der Waals surface area contributed by atoms with Crippen molar-refractivity contribution < 1.29 is 14.3 Å². The van der Waals surface area contributed by atoms with Crippen molar-refractivity contribution >= 4 is 28.5 Å². The van der Waals surface area contributed by atoms with Gasteiger partial charge in [-0.3, -0.25) is 19.1 Å². The smallest absolute Gasteiger partial charge is 0.338 e. The molecule has 0 bridgehead atoms. The highest BCUT2D eigenvalue weighted by molar-refractivity contribution is 5.93. The van der Waals surface area contributed by atoms with Crippen molar-refractivity contribution in [1.82, 2.24) is 9.55 Å². The molecule has 0 aliphatic carbocycles. The number of hydrogen-bond acceptors (Lipinski definition) is 5. The fourth-order valence-corrected chi connectivity index (χ4v) is 2.98. The molecule has 2 N–H and O–H groups in total. The number of fused-ring (bicyclic) bond motifs is 1. The zero-order chi connectivity index (χ0) is 21.5. The molecule has 8 heteroatoms. The summed E-state index contributed by atoms with van der Waals surface area (Å²) in [5, 5.41) is 3.12. The third kappa shape index (κ3) is 5.02. The minimum atomic E-state index is -0.558. The van der Waals surface area contributed by atoms with E-state index in [9.17, 15) is 19.2 Å². The Labute approximate surface area is 172 Å². The summed E-state index contributed by atoms with van der Waals surface area (Å²) < 4.78 is 6.51. The predicted molar refractivity (Wildman–Crippen MR) is 114 cm³/mol. The van der Waals surface area contributed by atoms with E-state index in [1.165, 1.54) is 4.57 Å². The first-order chi connectivity index (χ1) is 14.5. The van der Waals surface area contributed by atoms with E-state index in [0.717, 1.165) is 12.8 Å². The number of carbonyl (C=O) groups is 2. The molecule has 30 heavy (non-hydrogen) atoms. The number of aryl methyl sites for hydroxylation is 1. The molecule has 1 amide bonds. The first kappa shape index (κ1) is 21.0. The number of carbonyl (C=O) groups excluding carboxylic acids is 2. The first-order valence-corrected chi connectivity index (χ1v) is 9.78. The summed E-state index contributed by atoms with van der Waals surface area (Å²) in [6, 6.07) is 13.1. The topological polar surface area (TPSA) is 110 Å². The highest BCUT2D eigenvalue weighted by Crippen LogP contribution is 2.12. The molecule has 2 aromatic carbocycles. The monoisotopic (exact) mass is 409 g/mol. The highest BCUT2D eigenvalue weighted by Gasteiger charge is 2.10. The first-order valence-electron chi connectivity index (χ1n) is 9.78. The minimum Gasteiger partial charge on any atom is -0.462 e. The van der Waals surface area contributed by atoms with E-state index in [-0.39, 0.29) is 18.9 Å². The SMILES string of the molecule is CCCCOC(=O)c1ccc(NC(=O)CCn2c(=O)[nH]c(=O)c3ccccc32)cc1. The summed E-state index contributed by atoms with van der Waals surface area (Å²) in [5.41, 5.74) is 0.409. The van der Waals surface area contributed by atoms with Crippen molar-refractivity contribution in [3.05, 3.63) is 74.9 Å². The van der Waals surface area contributed by atoms with Gasteiger partial charge in [0.2, 0.25) is 5.91 Å². The van der Waals surface area contributed by atoms with Crippen LogP contribution in [-0.4, -0.2) is 28.0 Å². The number of benzene rings is 2. The quantitative estimate of drug-likeness (QED) is 0.439. The maximum Gasteiger partial charge on any atom is 0.338 e. The van der Waals surface area contributed by atoms with Gasteiger partial charge in [0.25, 0.3) is 5.56 Å². The molecule has 0 aliphatic rings. The third-order valence-electron chi connectivity index (χ3n) is 4.60. The Hall–Kier alpha value is -3.68. The molecule has 3 aromatic rings. The van der Waals surface area contributed by atoms with Gasteiger partial charge < -0.3 is 10.1 Å². The zero-order valence-electron chi connectivity index (χ0n) is 16.6. The summed E-state index contributed by atoms with van der Waals surface area (Å²) in [7, 11) is 0. The molecule has 1 aromatic heterocycles. The normalized spacial score (nSPS) is 10.7. The molecule has 0 saturated heterocycles. The van der Waals surface area contributed by atoms with Crippen LogP contribution in [0.1, 0.15) is 36.5 Å². The van der Waals surface area contributed by atoms with Crippen molar-refractivity contribution in [2.75, 3.05) is 11.9 Å². The van der Waals surface area contributed by atoms with Crippen LogP contribution in [0.5, 0.6) is 0 Å². The van der Waals surface area contributed by atoms with E-state index in [0.29, 0.717) is 28.8 Å². The summed E-state index contributed by atoms with van der Waals surface area (Å²) in [4.78, 5) is 50.5. The zero-order valence-corrected chi connectivity index (χ0v) is 16.6. The summed E-state index contributed by atoms with van der Waals surface area (Å²) in [6.07, 6.45) is 1.80. The van der Waals surface area contributed by atoms with E-state index in [2.05, 4.69) is 10.3 Å². The Kier molecular flexibility index (Phi) is 6.79. The molecule has 1 heterocycles. The maximum atomic E-state index is 12.3. The van der Waals surface area contributed by atoms with Crippen molar-refractivity contribution in [3.8, 4) is 0 Å². The number of nitrogens with one attached hydrogen (secondary N) is 2. The van der Waals surface area contributed by atoms with Crippen LogP contribution in [0.15, 0.2) is 58.1 Å². The second-order valence-electron chi connectivity index (χ2n) is 6.79. The van der Waals surface area contributed by atoms with Crippen molar-refractivity contribution in [2.45, 2.75) is 32.7 Å². The van der Waals surface area contributed by atoms with Crippen LogP contribution in [-0.2, 0) is 16.1 Å². The molecule has 0 spiro atoms. The largest absolute Gasteiger partial charge is 0.462 e. The van der Waals surface area contributed by atoms with Gasteiger partial charge in [-0.25, -0.2) is 9.59 Å². The van der Waals surface area contributed by atoms with Gasteiger partial charge in [-0.05, 0) is 42.8 Å². The van der Waals surface area contributed by atoms with Gasteiger partial charge >= 0.3 is 11.7 Å². The van der Waals surface area contributed by atoms with Crippen LogP contribution < -0.4 is 16.6 Å². The Morgan fingerprint density at radius 2 is 1.80 bits per heavy atom. The fourth-order valence-electron chi connectivity index (χ4n) is 2.98. The Bertz CT molecular complexity index is 1160. The standard InChI is InChI=1S/C22H23N3O5/c1-2-3-14-30-21(28)15-8-10-16(11-9-15)23-19(26)12-13-25-18-7-5-4-6-17(18)20(27)24-22(25)29/h4-11H,2-3,12-14H2,1H3,(H,23,26)(H,24,27,29). The number of hydrogen-bond donors (Lipinski definition) is 2. The number of H-pyrrole nitrogens is 1. The Balaban J connectivity index is 1.62. The molecule has 0 saturated carbocycles. The van der Waals surface area contributed by atoms with Crippen LogP contribution in [0, 0.1) is 0 Å². The molecule has 0 atom stereocenters. The Morgan fingerprint density at radius 1 is 1.07 bits per heavy atom. The fraction of sp³-hybridized carbons (Fsp3) is 0.273. The average Bonchev–Trinajstić information content (AvgIpc) is 2.74. The average molecular weight is 409 g/mol. The van der Waals surface area contributed by atoms with Crippen molar-refractivity contribution in [3.63, 3.8) is 0 Å². The molecule has 0 radical (unpaired) electrons. The van der Waals surface area contributed by atoms with Gasteiger partial charge in [-0.15, -0.1) is 0 Å². The molecule has 0 unspecified atom stereocenters. The number of ether oxygens (including phenoxy) is 1. The minimum absolute atomic E-state index is 0.0384. The van der Waals surface area contributed by atoms with Crippen molar-refractivity contribution in [1.29, 1.82) is 0 Å². The maximum absolute atomic E-state index is 12.3. The van der Waals surface area contributed by atoms with Crippen LogP contribution in [0.25, 0.3) is 10.9 Å². The molecular formula is C22H23N3O5. The number of nitrogens with zero attached hydrogens (tertiary/aromatic N) is 1. The number of rotatable bonds is 8. The van der Waals surface area contributed by atoms with Crippen LogP contribution in [0.2, 0.25) is 0 Å².